The van der Waals surface area contributed by atoms with Gasteiger partial charge in [0.05, 0.1) is 12.9 Å². The molecule has 2 heterocycles. The number of anilines is 1. The number of benzene rings is 2. The Balaban J connectivity index is 1.64. The molecule has 0 bridgehead atoms. The molecule has 26 heavy (non-hydrogen) atoms. The highest BCUT2D eigenvalue weighted by atomic mass is 35.5. The van der Waals surface area contributed by atoms with E-state index in [2.05, 4.69) is 10.2 Å². The molecule has 2 aromatic carbocycles. The number of methoxy groups -OCH3 is 1. The van der Waals surface area contributed by atoms with Crippen LogP contribution in [-0.4, -0.2) is 29.0 Å². The van der Waals surface area contributed by atoms with E-state index in [1.165, 1.54) is 11.3 Å². The van der Waals surface area contributed by atoms with E-state index in [9.17, 15) is 4.79 Å². The van der Waals surface area contributed by atoms with Crippen molar-refractivity contribution >= 4 is 45.7 Å². The van der Waals surface area contributed by atoms with E-state index in [1.807, 2.05) is 48.5 Å². The molecule has 1 unspecified atom stereocenters. The summed E-state index contributed by atoms with van der Waals surface area (Å²) in [6, 6.07) is 15.2. The first-order valence-electron chi connectivity index (χ1n) is 7.83. The number of hydrogen-bond donors (Lipinski definition) is 0. The van der Waals surface area contributed by atoms with Gasteiger partial charge in [-0.2, -0.15) is 0 Å². The molecule has 1 fully saturated rings. The summed E-state index contributed by atoms with van der Waals surface area (Å²) >= 11 is 8.92. The molecule has 8 heteroatoms. The summed E-state index contributed by atoms with van der Waals surface area (Å²) in [7, 11) is 1.63. The molecule has 0 radical (unpaired) electrons. The second-order valence-corrected chi connectivity index (χ2v) is 8.06. The topological polar surface area (TPSA) is 55.3 Å². The minimum absolute atomic E-state index is 0.0367. The Kier molecular flexibility index (Phi) is 4.84. The second-order valence-electron chi connectivity index (χ2n) is 5.60. The molecule has 132 valence electrons. The highest BCUT2D eigenvalue weighted by Gasteiger charge is 2.36. The van der Waals surface area contributed by atoms with Crippen LogP contribution in [-0.2, 0) is 4.79 Å². The Morgan fingerprint density at radius 1 is 1.12 bits per heavy atom. The predicted molar refractivity (Wildman–Crippen MR) is 106 cm³/mol. The van der Waals surface area contributed by atoms with Gasteiger partial charge in [-0.15, -0.1) is 22.0 Å². The number of rotatable bonds is 4. The minimum Gasteiger partial charge on any atom is -0.497 e. The summed E-state index contributed by atoms with van der Waals surface area (Å²) in [4.78, 5) is 14.2. The average Bonchev–Trinajstić information content (AvgIpc) is 3.29. The van der Waals surface area contributed by atoms with Gasteiger partial charge >= 0.3 is 0 Å². The van der Waals surface area contributed by atoms with Crippen LogP contribution in [0.2, 0.25) is 5.02 Å². The lowest BCUT2D eigenvalue weighted by molar-refractivity contribution is -0.115. The lowest BCUT2D eigenvalue weighted by Crippen LogP contribution is -2.27. The van der Waals surface area contributed by atoms with Crippen LogP contribution in [0.25, 0.3) is 10.6 Å². The quantitative estimate of drug-likeness (QED) is 0.634. The first kappa shape index (κ1) is 17.3. The van der Waals surface area contributed by atoms with Crippen LogP contribution in [0.3, 0.4) is 0 Å². The van der Waals surface area contributed by atoms with Gasteiger partial charge in [-0.25, -0.2) is 0 Å². The molecule has 4 rings (SSSR count). The number of carbonyl (C=O) groups excluding carboxylic acids is 1. The fourth-order valence-electron chi connectivity index (χ4n) is 2.67. The van der Waals surface area contributed by atoms with Gasteiger partial charge in [-0.1, -0.05) is 47.2 Å². The number of thioether (sulfide) groups is 1. The first-order valence-corrected chi connectivity index (χ1v) is 10.1. The Morgan fingerprint density at radius 2 is 1.85 bits per heavy atom. The van der Waals surface area contributed by atoms with E-state index in [1.54, 1.807) is 23.8 Å². The van der Waals surface area contributed by atoms with E-state index in [0.717, 1.165) is 21.9 Å². The second kappa shape index (κ2) is 7.26. The third kappa shape index (κ3) is 3.30. The van der Waals surface area contributed by atoms with Crippen LogP contribution >= 0.6 is 34.7 Å². The molecule has 0 N–H and O–H groups in total. The van der Waals surface area contributed by atoms with Crippen molar-refractivity contribution in [3.8, 4) is 16.3 Å². The maximum atomic E-state index is 12.5. The van der Waals surface area contributed by atoms with Crippen LogP contribution in [0.1, 0.15) is 10.9 Å². The molecule has 1 amide bonds. The molecule has 1 atom stereocenters. The zero-order valence-corrected chi connectivity index (χ0v) is 16.1. The van der Waals surface area contributed by atoms with E-state index in [4.69, 9.17) is 16.3 Å². The number of amides is 1. The molecule has 1 aromatic heterocycles. The molecule has 0 spiro atoms. The summed E-state index contributed by atoms with van der Waals surface area (Å²) in [5.41, 5.74) is 1.96. The molecule has 5 nitrogen and oxygen atoms in total. The number of aromatic nitrogens is 2. The van der Waals surface area contributed by atoms with Crippen LogP contribution in [0.5, 0.6) is 5.75 Å². The third-order valence-corrected chi connectivity index (χ3v) is 6.42. The summed E-state index contributed by atoms with van der Waals surface area (Å²) in [6.07, 6.45) is 0. The van der Waals surface area contributed by atoms with Gasteiger partial charge < -0.3 is 4.74 Å². The normalized spacial score (nSPS) is 16.9. The van der Waals surface area contributed by atoms with E-state index < -0.39 is 0 Å². The van der Waals surface area contributed by atoms with Gasteiger partial charge in [0.15, 0.2) is 0 Å². The molecule has 1 aliphatic rings. The van der Waals surface area contributed by atoms with Gasteiger partial charge in [-0.3, -0.25) is 9.69 Å². The summed E-state index contributed by atoms with van der Waals surface area (Å²) in [5.74, 6) is 1.25. The summed E-state index contributed by atoms with van der Waals surface area (Å²) in [6.45, 7) is 0. The van der Waals surface area contributed by atoms with Gasteiger partial charge in [-0.05, 0) is 29.8 Å². The molecule has 1 saturated heterocycles. The highest BCUT2D eigenvalue weighted by Crippen LogP contribution is 2.43. The van der Waals surface area contributed by atoms with Gasteiger partial charge in [0.25, 0.3) is 0 Å². The molecule has 0 saturated carbocycles. The molecule has 3 aromatic rings. The fraction of sp³-hybridized carbons (Fsp3) is 0.167. The van der Waals surface area contributed by atoms with Crippen molar-refractivity contribution in [1.29, 1.82) is 0 Å². The van der Waals surface area contributed by atoms with Crippen molar-refractivity contribution in [2.45, 2.75) is 5.37 Å². The first-order chi connectivity index (χ1) is 12.7. The van der Waals surface area contributed by atoms with Crippen molar-refractivity contribution in [3.05, 3.63) is 59.1 Å². The molecule has 1 aliphatic heterocycles. The van der Waals surface area contributed by atoms with E-state index in [0.29, 0.717) is 15.9 Å². The van der Waals surface area contributed by atoms with Crippen LogP contribution in [0.4, 0.5) is 5.13 Å². The van der Waals surface area contributed by atoms with Crippen molar-refractivity contribution in [3.63, 3.8) is 0 Å². The predicted octanol–water partition coefficient (Wildman–Crippen LogP) is 4.65. The number of halogens is 1. The standard InChI is InChI=1S/C18H14ClN3O2S2/c1-24-14-8-4-12(5-9-14)17-22(15(23)10-25-17)18-21-20-16(26-18)11-2-6-13(19)7-3-11/h2-9,17H,10H2,1H3. The van der Waals surface area contributed by atoms with Crippen molar-refractivity contribution < 1.29 is 9.53 Å². The zero-order chi connectivity index (χ0) is 18.1. The minimum atomic E-state index is -0.112. The lowest BCUT2D eigenvalue weighted by atomic mass is 10.2. The summed E-state index contributed by atoms with van der Waals surface area (Å²) < 4.78 is 5.21. The van der Waals surface area contributed by atoms with E-state index in [-0.39, 0.29) is 11.3 Å². The maximum absolute atomic E-state index is 12.5. The van der Waals surface area contributed by atoms with Crippen LogP contribution < -0.4 is 9.64 Å². The monoisotopic (exact) mass is 403 g/mol. The number of nitrogens with zero attached hydrogens (tertiary/aromatic N) is 3. The van der Waals surface area contributed by atoms with Gasteiger partial charge in [0.1, 0.15) is 16.1 Å². The molecular weight excluding hydrogens is 390 g/mol. The number of hydrogen-bond acceptors (Lipinski definition) is 6. The van der Waals surface area contributed by atoms with Crippen LogP contribution in [0, 0.1) is 0 Å². The average molecular weight is 404 g/mol. The lowest BCUT2D eigenvalue weighted by Gasteiger charge is -2.21. The Hall–Kier alpha value is -2.09. The largest absolute Gasteiger partial charge is 0.497 e. The Labute approximate surface area is 164 Å². The molecular formula is C18H14ClN3O2S2. The van der Waals surface area contributed by atoms with Gasteiger partial charge in [0.2, 0.25) is 11.0 Å². The zero-order valence-electron chi connectivity index (χ0n) is 13.8. The van der Waals surface area contributed by atoms with Crippen LogP contribution in [0.15, 0.2) is 48.5 Å². The smallest absolute Gasteiger partial charge is 0.240 e. The Morgan fingerprint density at radius 3 is 2.54 bits per heavy atom. The number of carbonyl (C=O) groups is 1. The Bertz CT molecular complexity index is 928. The maximum Gasteiger partial charge on any atom is 0.240 e. The van der Waals surface area contributed by atoms with Crippen molar-refractivity contribution in [2.24, 2.45) is 0 Å². The van der Waals surface area contributed by atoms with Crippen molar-refractivity contribution in [2.75, 3.05) is 17.8 Å². The fourth-order valence-corrected chi connectivity index (χ4v) is 4.91. The SMILES string of the molecule is COc1ccc(C2SCC(=O)N2c2nnc(-c3ccc(Cl)cc3)s2)cc1. The third-order valence-electron chi connectivity index (χ3n) is 3.98. The van der Waals surface area contributed by atoms with Gasteiger partial charge in [0, 0.05) is 10.6 Å². The molecule has 0 aliphatic carbocycles. The summed E-state index contributed by atoms with van der Waals surface area (Å²) in [5, 5.41) is 10.4. The highest BCUT2D eigenvalue weighted by molar-refractivity contribution is 8.00. The van der Waals surface area contributed by atoms with Crippen molar-refractivity contribution in [1.82, 2.24) is 10.2 Å². The number of ether oxygens (including phenoxy) is 1. The van der Waals surface area contributed by atoms with E-state index >= 15 is 0 Å².